The van der Waals surface area contributed by atoms with Crippen molar-refractivity contribution >= 4 is 22.4 Å². The molecule has 0 spiro atoms. The molecule has 6 nitrogen and oxygen atoms in total. The summed E-state index contributed by atoms with van der Waals surface area (Å²) in [5, 5.41) is 4.98. The first-order valence-electron chi connectivity index (χ1n) is 8.26. The number of aromatic nitrogens is 1. The number of carbonyl (C=O) groups excluding carboxylic acids is 1. The number of amides is 1. The average Bonchev–Trinajstić information content (AvgIpc) is 3.29. The number of ether oxygens (including phenoxy) is 3. The first kappa shape index (κ1) is 18.2. The second kappa shape index (κ2) is 7.81. The molecule has 0 aliphatic carbocycles. The maximum Gasteiger partial charge on any atom is 0.387 e. The Balaban J connectivity index is 1.40. The molecule has 0 unspecified atom stereocenters. The van der Waals surface area contributed by atoms with Crippen LogP contribution in [0.3, 0.4) is 0 Å². The highest BCUT2D eigenvalue weighted by atomic mass is 32.1. The van der Waals surface area contributed by atoms with Crippen LogP contribution in [0.4, 0.5) is 13.9 Å². The Morgan fingerprint density at radius 3 is 2.93 bits per heavy atom. The first-order valence-corrected chi connectivity index (χ1v) is 9.14. The summed E-state index contributed by atoms with van der Waals surface area (Å²) in [6.45, 7) is -2.71. The van der Waals surface area contributed by atoms with E-state index in [9.17, 15) is 13.6 Å². The zero-order valence-electron chi connectivity index (χ0n) is 14.4. The third-order valence-electron chi connectivity index (χ3n) is 3.91. The molecule has 28 heavy (non-hydrogen) atoms. The molecule has 1 aliphatic rings. The third kappa shape index (κ3) is 4.20. The van der Waals surface area contributed by atoms with Crippen LogP contribution in [0.1, 0.15) is 5.56 Å². The van der Waals surface area contributed by atoms with Crippen LogP contribution in [0.2, 0.25) is 0 Å². The Hall–Kier alpha value is -3.20. The van der Waals surface area contributed by atoms with Gasteiger partial charge in [-0.1, -0.05) is 12.1 Å². The van der Waals surface area contributed by atoms with Crippen molar-refractivity contribution in [3.63, 3.8) is 0 Å². The maximum absolute atomic E-state index is 12.3. The monoisotopic (exact) mass is 404 g/mol. The second-order valence-corrected chi connectivity index (χ2v) is 6.71. The number of nitrogens with zero attached hydrogens (tertiary/aromatic N) is 1. The molecule has 9 heteroatoms. The summed E-state index contributed by atoms with van der Waals surface area (Å²) in [4.78, 5) is 16.7. The summed E-state index contributed by atoms with van der Waals surface area (Å²) in [5.74, 6) is 1.05. The molecule has 0 saturated heterocycles. The van der Waals surface area contributed by atoms with Gasteiger partial charge in [0.2, 0.25) is 12.7 Å². The Kier molecular flexibility index (Phi) is 5.07. The van der Waals surface area contributed by atoms with Crippen LogP contribution < -0.4 is 19.5 Å². The predicted octanol–water partition coefficient (Wildman–Crippen LogP) is 4.32. The first-order chi connectivity index (χ1) is 13.6. The molecule has 4 rings (SSSR count). The number of hydrogen-bond donors (Lipinski definition) is 1. The third-order valence-corrected chi connectivity index (χ3v) is 4.66. The van der Waals surface area contributed by atoms with E-state index in [1.807, 2.05) is 23.6 Å². The Morgan fingerprint density at radius 1 is 1.21 bits per heavy atom. The molecule has 0 saturated carbocycles. The highest BCUT2D eigenvalue weighted by molar-refractivity contribution is 7.14. The quantitative estimate of drug-likeness (QED) is 0.663. The van der Waals surface area contributed by atoms with Crippen LogP contribution in [0.25, 0.3) is 11.3 Å². The van der Waals surface area contributed by atoms with Crippen LogP contribution in [-0.2, 0) is 11.2 Å². The molecule has 3 aromatic rings. The van der Waals surface area contributed by atoms with Crippen molar-refractivity contribution in [3.05, 3.63) is 53.4 Å². The van der Waals surface area contributed by atoms with E-state index in [4.69, 9.17) is 9.47 Å². The minimum Gasteiger partial charge on any atom is -0.454 e. The van der Waals surface area contributed by atoms with E-state index in [-0.39, 0.29) is 24.9 Å². The highest BCUT2D eigenvalue weighted by Gasteiger charge is 2.16. The van der Waals surface area contributed by atoms with Crippen molar-refractivity contribution in [2.24, 2.45) is 0 Å². The summed E-state index contributed by atoms with van der Waals surface area (Å²) in [5.41, 5.74) is 2.10. The zero-order valence-corrected chi connectivity index (χ0v) is 15.2. The number of rotatable bonds is 6. The van der Waals surface area contributed by atoms with Crippen LogP contribution in [0.5, 0.6) is 17.2 Å². The van der Waals surface area contributed by atoms with E-state index in [2.05, 4.69) is 15.0 Å². The minimum atomic E-state index is -2.91. The fraction of sp³-hybridized carbons (Fsp3) is 0.158. The lowest BCUT2D eigenvalue weighted by Crippen LogP contribution is -2.14. The predicted molar refractivity (Wildman–Crippen MR) is 99.1 cm³/mol. The molecular weight excluding hydrogens is 390 g/mol. The van der Waals surface area contributed by atoms with E-state index in [1.165, 1.54) is 23.5 Å². The molecule has 1 aliphatic heterocycles. The lowest BCUT2D eigenvalue weighted by Gasteiger charge is -2.06. The van der Waals surface area contributed by atoms with Gasteiger partial charge in [-0.3, -0.25) is 4.79 Å². The number of thiazole rings is 1. The van der Waals surface area contributed by atoms with Gasteiger partial charge in [0.1, 0.15) is 5.75 Å². The molecule has 1 N–H and O–H groups in total. The van der Waals surface area contributed by atoms with Gasteiger partial charge in [-0.25, -0.2) is 4.98 Å². The number of carbonyl (C=O) groups is 1. The van der Waals surface area contributed by atoms with Crippen LogP contribution in [-0.4, -0.2) is 24.3 Å². The summed E-state index contributed by atoms with van der Waals surface area (Å²) in [6.07, 6.45) is 0.0133. The number of alkyl halides is 2. The normalized spacial score (nSPS) is 12.2. The van der Waals surface area contributed by atoms with E-state index >= 15 is 0 Å². The van der Waals surface area contributed by atoms with Crippen molar-refractivity contribution in [2.45, 2.75) is 13.0 Å². The molecule has 0 bridgehead atoms. The van der Waals surface area contributed by atoms with Crippen molar-refractivity contribution in [3.8, 4) is 28.5 Å². The minimum absolute atomic E-state index is 0.0133. The van der Waals surface area contributed by atoms with Gasteiger partial charge >= 0.3 is 6.61 Å². The van der Waals surface area contributed by atoms with E-state index < -0.39 is 6.61 Å². The summed E-state index contributed by atoms with van der Waals surface area (Å²) in [6, 6.07) is 11.5. The van der Waals surface area contributed by atoms with Gasteiger partial charge in [0.05, 0.1) is 12.1 Å². The Morgan fingerprint density at radius 2 is 2.07 bits per heavy atom. The number of nitrogens with one attached hydrogen (secondary N) is 1. The lowest BCUT2D eigenvalue weighted by molar-refractivity contribution is -0.115. The lowest BCUT2D eigenvalue weighted by atomic mass is 10.1. The van der Waals surface area contributed by atoms with E-state index in [1.54, 1.807) is 12.1 Å². The van der Waals surface area contributed by atoms with E-state index in [0.717, 1.165) is 5.56 Å². The summed E-state index contributed by atoms with van der Waals surface area (Å²) in [7, 11) is 0. The number of anilines is 1. The maximum atomic E-state index is 12.3. The molecule has 0 fully saturated rings. The largest absolute Gasteiger partial charge is 0.454 e. The molecule has 1 aromatic heterocycles. The SMILES string of the molecule is O=C(Cc1cccc(OC(F)F)c1)Nc1nc(-c2ccc3c(c2)OCO3)cs1. The molecule has 144 valence electrons. The molecule has 2 aromatic carbocycles. The molecular formula is C19H14F2N2O4S. The topological polar surface area (TPSA) is 69.7 Å². The molecule has 0 atom stereocenters. The van der Waals surface area contributed by atoms with Crippen LogP contribution >= 0.6 is 11.3 Å². The van der Waals surface area contributed by atoms with Gasteiger partial charge in [-0.05, 0) is 35.9 Å². The van der Waals surface area contributed by atoms with Crippen molar-refractivity contribution in [1.82, 2.24) is 4.98 Å². The number of hydrogen-bond acceptors (Lipinski definition) is 6. The van der Waals surface area contributed by atoms with Gasteiger partial charge in [0.25, 0.3) is 0 Å². The van der Waals surface area contributed by atoms with Gasteiger partial charge in [-0.15, -0.1) is 11.3 Å². The standard InChI is InChI=1S/C19H14F2N2O4S/c20-18(21)27-13-3-1-2-11(6-13)7-17(24)23-19-22-14(9-28-19)12-4-5-15-16(8-12)26-10-25-15/h1-6,8-9,18H,7,10H2,(H,22,23,24). The smallest absolute Gasteiger partial charge is 0.387 e. The Bertz CT molecular complexity index is 1010. The molecule has 1 amide bonds. The fourth-order valence-corrected chi connectivity index (χ4v) is 3.44. The van der Waals surface area contributed by atoms with Crippen molar-refractivity contribution in [1.29, 1.82) is 0 Å². The average molecular weight is 404 g/mol. The van der Waals surface area contributed by atoms with Crippen molar-refractivity contribution in [2.75, 3.05) is 12.1 Å². The van der Waals surface area contributed by atoms with Gasteiger partial charge < -0.3 is 19.5 Å². The summed E-state index contributed by atoms with van der Waals surface area (Å²) < 4.78 is 39.6. The van der Waals surface area contributed by atoms with Gasteiger partial charge in [-0.2, -0.15) is 8.78 Å². The molecule has 2 heterocycles. The number of halogens is 2. The van der Waals surface area contributed by atoms with Crippen LogP contribution in [0.15, 0.2) is 47.8 Å². The fourth-order valence-electron chi connectivity index (χ4n) is 2.70. The van der Waals surface area contributed by atoms with E-state index in [0.29, 0.717) is 27.9 Å². The number of benzene rings is 2. The van der Waals surface area contributed by atoms with Crippen LogP contribution in [0, 0.1) is 0 Å². The molecule has 0 radical (unpaired) electrons. The van der Waals surface area contributed by atoms with Gasteiger partial charge in [0.15, 0.2) is 16.6 Å². The van der Waals surface area contributed by atoms with Crippen molar-refractivity contribution < 1.29 is 27.8 Å². The number of fused-ring (bicyclic) bond motifs is 1. The summed E-state index contributed by atoms with van der Waals surface area (Å²) >= 11 is 1.29. The zero-order chi connectivity index (χ0) is 19.5. The Labute approximate surface area is 162 Å². The second-order valence-electron chi connectivity index (χ2n) is 5.86. The highest BCUT2D eigenvalue weighted by Crippen LogP contribution is 2.36. The van der Waals surface area contributed by atoms with Gasteiger partial charge in [0, 0.05) is 10.9 Å².